The van der Waals surface area contributed by atoms with E-state index in [4.69, 9.17) is 4.74 Å². The first kappa shape index (κ1) is 33.1. The number of benzene rings is 3. The third-order valence-corrected chi connectivity index (χ3v) is 9.00. The van der Waals surface area contributed by atoms with Crippen LogP contribution in [-0.2, 0) is 20.8 Å². The molecule has 0 spiro atoms. The molecule has 0 aliphatic carbocycles. The number of alkyl halides is 5. The Morgan fingerprint density at radius 2 is 1.66 bits per heavy atom. The Labute approximate surface area is 251 Å². The minimum Gasteiger partial charge on any atom is -0.489 e. The van der Waals surface area contributed by atoms with E-state index in [0.29, 0.717) is 11.3 Å². The van der Waals surface area contributed by atoms with Crippen molar-refractivity contribution in [3.63, 3.8) is 0 Å². The highest BCUT2D eigenvalue weighted by atomic mass is 32.2. The number of nitrogens with zero attached hydrogens (tertiary/aromatic N) is 1. The van der Waals surface area contributed by atoms with Crippen LogP contribution in [0.15, 0.2) is 77.7 Å². The second-order valence-electron chi connectivity index (χ2n) is 10.1. The molecule has 1 aliphatic rings. The zero-order valence-electron chi connectivity index (χ0n) is 23.5. The van der Waals surface area contributed by atoms with Crippen molar-refractivity contribution in [3.8, 4) is 5.75 Å². The largest absolute Gasteiger partial charge is 0.489 e. The maximum atomic E-state index is 12.9. The maximum absolute atomic E-state index is 12.9. The fourth-order valence-corrected chi connectivity index (χ4v) is 5.77. The molecule has 0 radical (unpaired) electrons. The SMILES string of the molecule is CCS(=O)(=O)c1ccc(C(CO)NC(=O)c2ccc(N3C[C@@H](Oc4ccc(C(F)(F)F)cc4)C[C@H]3COC(F)F)cc2)cc1. The van der Waals surface area contributed by atoms with Gasteiger partial charge in [-0.05, 0) is 66.2 Å². The summed E-state index contributed by atoms with van der Waals surface area (Å²) in [5.41, 5.74) is 0.505. The van der Waals surface area contributed by atoms with Gasteiger partial charge in [-0.25, -0.2) is 8.42 Å². The lowest BCUT2D eigenvalue weighted by molar-refractivity contribution is -0.137. The zero-order valence-corrected chi connectivity index (χ0v) is 24.3. The van der Waals surface area contributed by atoms with Crippen molar-refractivity contribution in [3.05, 3.63) is 89.5 Å². The molecule has 1 unspecified atom stereocenters. The summed E-state index contributed by atoms with van der Waals surface area (Å²) < 4.78 is 98.8. The van der Waals surface area contributed by atoms with Gasteiger partial charge in [0, 0.05) is 17.7 Å². The Bertz CT molecular complexity index is 1500. The highest BCUT2D eigenvalue weighted by Crippen LogP contribution is 2.33. The lowest BCUT2D eigenvalue weighted by Gasteiger charge is -2.26. The molecule has 44 heavy (non-hydrogen) atoms. The first-order valence-corrected chi connectivity index (χ1v) is 15.3. The summed E-state index contributed by atoms with van der Waals surface area (Å²) >= 11 is 0. The molecule has 4 rings (SSSR count). The molecule has 1 amide bonds. The first-order valence-electron chi connectivity index (χ1n) is 13.7. The topological polar surface area (TPSA) is 105 Å². The van der Waals surface area contributed by atoms with Gasteiger partial charge in [-0.15, -0.1) is 0 Å². The third kappa shape index (κ3) is 8.24. The highest BCUT2D eigenvalue weighted by molar-refractivity contribution is 7.91. The predicted octanol–water partition coefficient (Wildman–Crippen LogP) is 5.23. The molecule has 3 aromatic carbocycles. The van der Waals surface area contributed by atoms with E-state index >= 15 is 0 Å². The number of aliphatic hydroxyl groups excluding tert-OH is 1. The second-order valence-corrected chi connectivity index (χ2v) is 12.4. The third-order valence-electron chi connectivity index (χ3n) is 7.25. The molecule has 0 saturated carbocycles. The Kier molecular flexibility index (Phi) is 10.5. The van der Waals surface area contributed by atoms with Crippen LogP contribution >= 0.6 is 0 Å². The van der Waals surface area contributed by atoms with Crippen LogP contribution in [0, 0.1) is 0 Å². The Balaban J connectivity index is 1.44. The van der Waals surface area contributed by atoms with Gasteiger partial charge in [-0.1, -0.05) is 19.1 Å². The molecular weight excluding hydrogens is 611 g/mol. The number of nitrogens with one attached hydrogen (secondary N) is 1. The van der Waals surface area contributed by atoms with E-state index in [-0.39, 0.29) is 41.5 Å². The van der Waals surface area contributed by atoms with E-state index in [1.165, 1.54) is 55.5 Å². The van der Waals surface area contributed by atoms with Gasteiger partial charge in [0.05, 0.1) is 48.1 Å². The molecule has 0 bridgehead atoms. The summed E-state index contributed by atoms with van der Waals surface area (Å²) in [5, 5.41) is 12.6. The average molecular weight is 643 g/mol. The number of carbonyl (C=O) groups excluding carboxylic acids is 1. The smallest absolute Gasteiger partial charge is 0.416 e. The van der Waals surface area contributed by atoms with Crippen LogP contribution in [-0.4, -0.2) is 63.7 Å². The maximum Gasteiger partial charge on any atom is 0.416 e. The number of anilines is 1. The molecule has 3 aromatic rings. The molecular formula is C30H31F5N2O6S. The summed E-state index contributed by atoms with van der Waals surface area (Å²) in [6.45, 7) is -2.01. The lowest BCUT2D eigenvalue weighted by Crippen LogP contribution is -2.34. The van der Waals surface area contributed by atoms with Crippen LogP contribution < -0.4 is 15.0 Å². The van der Waals surface area contributed by atoms with Crippen molar-refractivity contribution in [1.29, 1.82) is 0 Å². The predicted molar refractivity (Wildman–Crippen MR) is 151 cm³/mol. The highest BCUT2D eigenvalue weighted by Gasteiger charge is 2.35. The number of hydrogen-bond donors (Lipinski definition) is 2. The Hall–Kier alpha value is -3.75. The molecule has 1 saturated heterocycles. The van der Waals surface area contributed by atoms with Crippen molar-refractivity contribution in [2.45, 2.75) is 49.2 Å². The van der Waals surface area contributed by atoms with E-state index < -0.39 is 58.9 Å². The number of sulfone groups is 1. The van der Waals surface area contributed by atoms with Gasteiger partial charge < -0.3 is 24.8 Å². The summed E-state index contributed by atoms with van der Waals surface area (Å²) in [6.07, 6.45) is -4.77. The Morgan fingerprint density at radius 1 is 1.02 bits per heavy atom. The number of ether oxygens (including phenoxy) is 2. The van der Waals surface area contributed by atoms with Crippen molar-refractivity contribution >= 4 is 21.4 Å². The molecule has 8 nitrogen and oxygen atoms in total. The minimum absolute atomic E-state index is 0.0627. The normalized spacial score (nSPS) is 18.0. The second kappa shape index (κ2) is 13.9. The number of halogens is 5. The summed E-state index contributed by atoms with van der Waals surface area (Å²) in [4.78, 5) is 14.8. The number of hydrogen-bond acceptors (Lipinski definition) is 7. The van der Waals surface area contributed by atoms with Crippen LogP contribution in [0.4, 0.5) is 27.6 Å². The van der Waals surface area contributed by atoms with Crippen LogP contribution in [0.3, 0.4) is 0 Å². The average Bonchev–Trinajstić information content (AvgIpc) is 3.41. The van der Waals surface area contributed by atoms with E-state index in [1.807, 2.05) is 0 Å². The number of carbonyl (C=O) groups is 1. The van der Waals surface area contributed by atoms with Crippen molar-refractivity contribution in [2.75, 3.05) is 30.4 Å². The van der Waals surface area contributed by atoms with Crippen LogP contribution in [0.2, 0.25) is 0 Å². The fourth-order valence-electron chi connectivity index (χ4n) is 4.89. The van der Waals surface area contributed by atoms with Crippen molar-refractivity contribution in [2.24, 2.45) is 0 Å². The van der Waals surface area contributed by atoms with Crippen LogP contribution in [0.1, 0.15) is 40.9 Å². The summed E-state index contributed by atoms with van der Waals surface area (Å²) in [5.74, 6) is -0.374. The molecule has 0 aromatic heterocycles. The van der Waals surface area contributed by atoms with Gasteiger partial charge in [0.25, 0.3) is 5.91 Å². The zero-order chi connectivity index (χ0) is 32.1. The van der Waals surface area contributed by atoms with E-state index in [9.17, 15) is 40.3 Å². The first-order chi connectivity index (χ1) is 20.8. The van der Waals surface area contributed by atoms with Crippen molar-refractivity contribution in [1.82, 2.24) is 5.32 Å². The standard InChI is InChI=1S/C30H31F5N2O6S/c1-2-44(40,41)26-13-5-19(6-14-26)27(17-38)36-28(39)20-3-9-22(10-4-20)37-16-25(15-23(37)18-42-29(31)32)43-24-11-7-21(8-12-24)30(33,34)35/h3-14,23,25,27,29,38H,2,15-18H2,1H3,(H,36,39)/t23-,25-,27?/m0/s1. The van der Waals surface area contributed by atoms with Crippen LogP contribution in [0.25, 0.3) is 0 Å². The van der Waals surface area contributed by atoms with E-state index in [0.717, 1.165) is 12.1 Å². The van der Waals surface area contributed by atoms with E-state index in [2.05, 4.69) is 10.1 Å². The van der Waals surface area contributed by atoms with Gasteiger partial charge in [0.1, 0.15) is 11.9 Å². The minimum atomic E-state index is -4.49. The monoisotopic (exact) mass is 642 g/mol. The molecule has 3 atom stereocenters. The van der Waals surface area contributed by atoms with Gasteiger partial charge in [0.15, 0.2) is 9.84 Å². The molecule has 1 aliphatic heterocycles. The van der Waals surface area contributed by atoms with E-state index in [1.54, 1.807) is 17.0 Å². The van der Waals surface area contributed by atoms with Gasteiger partial charge in [0.2, 0.25) is 0 Å². The molecule has 1 heterocycles. The summed E-state index contributed by atoms with van der Waals surface area (Å²) in [7, 11) is -3.41. The van der Waals surface area contributed by atoms with Crippen molar-refractivity contribution < 1.29 is 49.7 Å². The Morgan fingerprint density at radius 3 is 2.20 bits per heavy atom. The van der Waals surface area contributed by atoms with Crippen LogP contribution in [0.5, 0.6) is 5.75 Å². The number of rotatable bonds is 12. The number of aliphatic hydroxyl groups is 1. The molecule has 1 fully saturated rings. The summed E-state index contributed by atoms with van der Waals surface area (Å²) in [6, 6.07) is 15.0. The quantitative estimate of drug-likeness (QED) is 0.261. The fraction of sp³-hybridized carbons (Fsp3) is 0.367. The number of amides is 1. The molecule has 238 valence electrons. The lowest BCUT2D eigenvalue weighted by atomic mass is 10.1. The van der Waals surface area contributed by atoms with Gasteiger partial charge in [-0.3, -0.25) is 4.79 Å². The molecule has 2 N–H and O–H groups in total. The van der Waals surface area contributed by atoms with Gasteiger partial charge in [-0.2, -0.15) is 22.0 Å². The molecule has 14 heteroatoms. The van der Waals surface area contributed by atoms with Gasteiger partial charge >= 0.3 is 12.8 Å².